The van der Waals surface area contributed by atoms with Crippen LogP contribution >= 0.6 is 0 Å². The predicted octanol–water partition coefficient (Wildman–Crippen LogP) is 0.575. The Labute approximate surface area is 110 Å². The van der Waals surface area contributed by atoms with Crippen molar-refractivity contribution in [3.05, 3.63) is 30.0 Å². The summed E-state index contributed by atoms with van der Waals surface area (Å²) >= 11 is 0. The number of H-pyrrole nitrogens is 1. The maximum Gasteiger partial charge on any atom is 0.325 e. The largest absolute Gasteiger partial charge is 0.468 e. The summed E-state index contributed by atoms with van der Waals surface area (Å²) in [5.74, 6) is -0.474. The number of nitrogens with zero attached hydrogens (tertiary/aromatic N) is 1. The van der Waals surface area contributed by atoms with Crippen LogP contribution in [0.5, 0.6) is 0 Å². The number of benzene rings is 1. The number of aromatic amines is 1. The molecule has 2 rings (SSSR count). The van der Waals surface area contributed by atoms with Gasteiger partial charge in [-0.3, -0.25) is 15.2 Å². The quantitative estimate of drug-likeness (QED) is 0.687. The number of hydrogen-bond donors (Lipinski definition) is 3. The van der Waals surface area contributed by atoms with Crippen LogP contribution in [0.1, 0.15) is 12.5 Å². The summed E-state index contributed by atoms with van der Waals surface area (Å²) in [6.07, 6.45) is 0.933. The third-order valence-electron chi connectivity index (χ3n) is 2.97. The second-order valence-electron chi connectivity index (χ2n) is 4.41. The van der Waals surface area contributed by atoms with E-state index in [0.717, 1.165) is 16.5 Å². The van der Waals surface area contributed by atoms with Crippen LogP contribution < -0.4 is 5.32 Å². The second-order valence-corrected chi connectivity index (χ2v) is 4.41. The molecule has 0 spiro atoms. The van der Waals surface area contributed by atoms with E-state index in [9.17, 15) is 9.90 Å². The molecule has 102 valence electrons. The maximum atomic E-state index is 11.5. The number of ether oxygens (including phenoxy) is 1. The number of carbonyl (C=O) groups is 1. The lowest BCUT2D eigenvalue weighted by Gasteiger charge is -2.18. The van der Waals surface area contributed by atoms with Gasteiger partial charge in [0.15, 0.2) is 0 Å². The van der Waals surface area contributed by atoms with Crippen molar-refractivity contribution >= 4 is 16.9 Å². The average Bonchev–Trinajstić information content (AvgIpc) is 2.85. The smallest absolute Gasteiger partial charge is 0.325 e. The van der Waals surface area contributed by atoms with E-state index < -0.39 is 18.1 Å². The Morgan fingerprint density at radius 2 is 2.37 bits per heavy atom. The fraction of sp³-hybridized carbons (Fsp3) is 0.385. The molecule has 0 aliphatic rings. The zero-order valence-corrected chi connectivity index (χ0v) is 10.9. The molecule has 0 saturated carbocycles. The number of methoxy groups -OCH3 is 1. The minimum Gasteiger partial charge on any atom is -0.468 e. The number of carbonyl (C=O) groups excluding carboxylic acids is 1. The Kier molecular flexibility index (Phi) is 4.13. The first-order chi connectivity index (χ1) is 9.11. The van der Waals surface area contributed by atoms with E-state index in [1.165, 1.54) is 7.11 Å². The van der Waals surface area contributed by atoms with Crippen molar-refractivity contribution in [1.29, 1.82) is 0 Å². The lowest BCUT2D eigenvalue weighted by atomic mass is 10.1. The zero-order valence-electron chi connectivity index (χ0n) is 10.9. The molecule has 0 aliphatic heterocycles. The van der Waals surface area contributed by atoms with E-state index in [-0.39, 0.29) is 0 Å². The Balaban J connectivity index is 2.05. The molecule has 2 aromatic rings. The first-order valence-electron chi connectivity index (χ1n) is 6.03. The lowest BCUT2D eigenvalue weighted by molar-refractivity contribution is -0.145. The molecule has 0 radical (unpaired) electrons. The fourth-order valence-electron chi connectivity index (χ4n) is 1.90. The Morgan fingerprint density at radius 1 is 1.58 bits per heavy atom. The van der Waals surface area contributed by atoms with Gasteiger partial charge in [0.25, 0.3) is 0 Å². The van der Waals surface area contributed by atoms with Crippen molar-refractivity contribution < 1.29 is 14.6 Å². The van der Waals surface area contributed by atoms with Crippen LogP contribution in [-0.2, 0) is 16.1 Å². The van der Waals surface area contributed by atoms with Crippen LogP contribution in [0, 0.1) is 0 Å². The standard InChI is InChI=1S/C13H17N3O3/c1-8(17)12(13(18)19-2)14-6-9-3-4-10-7-15-16-11(10)5-9/h3-5,7-8,12,14,17H,6H2,1-2H3,(H,15,16)/t8-,12+/m0/s1. The van der Waals surface area contributed by atoms with Gasteiger partial charge in [-0.15, -0.1) is 0 Å². The Hall–Kier alpha value is -1.92. The molecule has 19 heavy (non-hydrogen) atoms. The molecule has 0 aliphatic carbocycles. The number of nitrogens with one attached hydrogen (secondary N) is 2. The second kappa shape index (κ2) is 5.81. The van der Waals surface area contributed by atoms with E-state index in [0.29, 0.717) is 6.54 Å². The summed E-state index contributed by atoms with van der Waals surface area (Å²) in [6.45, 7) is 2.01. The molecular formula is C13H17N3O3. The van der Waals surface area contributed by atoms with Crippen molar-refractivity contribution in [3.8, 4) is 0 Å². The topological polar surface area (TPSA) is 87.2 Å². The lowest BCUT2D eigenvalue weighted by Crippen LogP contribution is -2.45. The van der Waals surface area contributed by atoms with Crippen molar-refractivity contribution in [3.63, 3.8) is 0 Å². The number of rotatable bonds is 5. The highest BCUT2D eigenvalue weighted by molar-refractivity contribution is 5.78. The Morgan fingerprint density at radius 3 is 3.05 bits per heavy atom. The van der Waals surface area contributed by atoms with E-state index in [1.807, 2.05) is 18.2 Å². The molecule has 3 N–H and O–H groups in total. The molecule has 6 nitrogen and oxygen atoms in total. The van der Waals surface area contributed by atoms with Gasteiger partial charge in [0, 0.05) is 11.9 Å². The highest BCUT2D eigenvalue weighted by Crippen LogP contribution is 2.12. The summed E-state index contributed by atoms with van der Waals surface area (Å²) in [7, 11) is 1.30. The van der Waals surface area contributed by atoms with Gasteiger partial charge in [0.1, 0.15) is 6.04 Å². The number of aromatic nitrogens is 2. The minimum absolute atomic E-state index is 0.458. The first-order valence-corrected chi connectivity index (χ1v) is 6.03. The molecule has 0 bridgehead atoms. The van der Waals surface area contributed by atoms with Gasteiger partial charge in [-0.25, -0.2) is 0 Å². The molecule has 1 heterocycles. The molecule has 0 fully saturated rings. The molecule has 6 heteroatoms. The SMILES string of the molecule is COC(=O)[C@H](NCc1ccc2cn[nH]c2c1)[C@H](C)O. The van der Waals surface area contributed by atoms with Crippen LogP contribution in [0.4, 0.5) is 0 Å². The summed E-state index contributed by atoms with van der Waals surface area (Å²) in [6, 6.07) is 5.11. The van der Waals surface area contributed by atoms with E-state index in [2.05, 4.69) is 20.3 Å². The van der Waals surface area contributed by atoms with Gasteiger partial charge in [-0.2, -0.15) is 5.10 Å². The fourth-order valence-corrected chi connectivity index (χ4v) is 1.90. The van der Waals surface area contributed by atoms with Gasteiger partial charge in [0.2, 0.25) is 0 Å². The van der Waals surface area contributed by atoms with Crippen LogP contribution in [0.3, 0.4) is 0 Å². The number of aliphatic hydroxyl groups excluding tert-OH is 1. The third-order valence-corrected chi connectivity index (χ3v) is 2.97. The number of hydrogen-bond acceptors (Lipinski definition) is 5. The number of aliphatic hydroxyl groups is 1. The molecule has 0 unspecified atom stereocenters. The van der Waals surface area contributed by atoms with E-state index in [1.54, 1.807) is 13.1 Å². The normalized spacial score (nSPS) is 14.3. The molecular weight excluding hydrogens is 246 g/mol. The summed E-state index contributed by atoms with van der Waals surface area (Å²) in [4.78, 5) is 11.5. The van der Waals surface area contributed by atoms with Crippen molar-refractivity contribution in [2.75, 3.05) is 7.11 Å². The van der Waals surface area contributed by atoms with Crippen LogP contribution in [0.25, 0.3) is 10.9 Å². The Bertz CT molecular complexity index is 565. The molecule has 2 atom stereocenters. The van der Waals surface area contributed by atoms with Gasteiger partial charge in [-0.1, -0.05) is 12.1 Å². The minimum atomic E-state index is -0.816. The van der Waals surface area contributed by atoms with Gasteiger partial charge in [-0.05, 0) is 18.6 Å². The predicted molar refractivity (Wildman–Crippen MR) is 70.4 cm³/mol. The van der Waals surface area contributed by atoms with Gasteiger partial charge >= 0.3 is 5.97 Å². The monoisotopic (exact) mass is 263 g/mol. The molecule has 0 amide bonds. The van der Waals surface area contributed by atoms with Gasteiger partial charge < -0.3 is 9.84 Å². The zero-order chi connectivity index (χ0) is 13.8. The van der Waals surface area contributed by atoms with Crippen molar-refractivity contribution in [1.82, 2.24) is 15.5 Å². The van der Waals surface area contributed by atoms with Gasteiger partial charge in [0.05, 0.1) is 24.9 Å². The summed E-state index contributed by atoms with van der Waals surface area (Å²) < 4.78 is 4.64. The highest BCUT2D eigenvalue weighted by atomic mass is 16.5. The average molecular weight is 263 g/mol. The highest BCUT2D eigenvalue weighted by Gasteiger charge is 2.23. The maximum absolute atomic E-state index is 11.5. The van der Waals surface area contributed by atoms with E-state index in [4.69, 9.17) is 0 Å². The molecule has 0 saturated heterocycles. The van der Waals surface area contributed by atoms with E-state index >= 15 is 0 Å². The number of fused-ring (bicyclic) bond motifs is 1. The first kappa shape index (κ1) is 13.5. The van der Waals surface area contributed by atoms with Crippen molar-refractivity contribution in [2.45, 2.75) is 25.6 Å². The molecule has 1 aromatic carbocycles. The number of esters is 1. The van der Waals surface area contributed by atoms with Crippen LogP contribution in [0.15, 0.2) is 24.4 Å². The molecule has 1 aromatic heterocycles. The van der Waals surface area contributed by atoms with Crippen molar-refractivity contribution in [2.24, 2.45) is 0 Å². The van der Waals surface area contributed by atoms with Crippen LogP contribution in [-0.4, -0.2) is 40.5 Å². The summed E-state index contributed by atoms with van der Waals surface area (Å²) in [5, 5.41) is 20.4. The third kappa shape index (κ3) is 3.10. The summed E-state index contributed by atoms with van der Waals surface area (Å²) in [5.41, 5.74) is 1.93. The van der Waals surface area contributed by atoms with Crippen LogP contribution in [0.2, 0.25) is 0 Å².